The minimum atomic E-state index is 1.40. The van der Waals surface area contributed by atoms with Crippen molar-refractivity contribution in [1.82, 2.24) is 5.34 Å². The first-order valence-corrected chi connectivity index (χ1v) is 0.986. The Kier molecular flexibility index (Phi) is 2.49. The van der Waals surface area contributed by atoms with E-state index in [9.17, 15) is 0 Å². The molecule has 0 unspecified atom stereocenters. The molecule has 0 amide bonds. The van der Waals surface area contributed by atoms with Gasteiger partial charge in [0.1, 0.15) is 0 Å². The van der Waals surface area contributed by atoms with Gasteiger partial charge in [0.15, 0.2) is 0 Å². The Bertz CT molecular complexity index is 20.0. The zero-order valence-electron chi connectivity index (χ0n) is 2.36. The van der Waals surface area contributed by atoms with Crippen LogP contribution in [0.25, 0.3) is 0 Å². The van der Waals surface area contributed by atoms with Crippen LogP contribution < -0.4 is 11.2 Å². The van der Waals surface area contributed by atoms with Crippen molar-refractivity contribution in [2.75, 3.05) is 0 Å². The number of nitrogens with two attached hydrogens (primary N) is 1. The molecule has 0 aromatic carbocycles. The molecule has 0 radical (unpaired) electrons. The summed E-state index contributed by atoms with van der Waals surface area (Å²) in [6, 6.07) is 0. The van der Waals surface area contributed by atoms with Crippen molar-refractivity contribution in [1.29, 1.82) is 0 Å². The van der Waals surface area contributed by atoms with E-state index in [1.807, 2.05) is 0 Å². The third-order valence-corrected chi connectivity index (χ3v) is 0.118. The van der Waals surface area contributed by atoms with E-state index < -0.39 is 0 Å². The summed E-state index contributed by atoms with van der Waals surface area (Å²) < 4.78 is 0. The van der Waals surface area contributed by atoms with Gasteiger partial charge < -0.3 is 0 Å². The van der Waals surface area contributed by atoms with E-state index in [4.69, 9.17) is 0 Å². The third-order valence-electron chi connectivity index (χ3n) is 0.118. The molecule has 0 aromatic heterocycles. The van der Waals surface area contributed by atoms with Crippen LogP contribution in [-0.4, -0.2) is 13.5 Å². The molecule has 0 aromatic rings. The Balaban J connectivity index is 2.30. The fraction of sp³-hybridized carbons (Fsp3) is 0. The molecule has 3 heteroatoms. The number of hydrazine groups is 1. The Labute approximate surface area is 25.9 Å². The van der Waals surface area contributed by atoms with Gasteiger partial charge >= 0.3 is 24.7 Å². The van der Waals surface area contributed by atoms with Crippen LogP contribution in [0.5, 0.6) is 0 Å². The van der Waals surface area contributed by atoms with Gasteiger partial charge in [0.2, 0.25) is 0 Å². The molecule has 0 spiro atoms. The normalized spacial score (nSPS) is 4.25. The number of hydrogen-bond acceptors (Lipinski definition) is 2. The van der Waals surface area contributed by atoms with Crippen LogP contribution in [0.3, 0.4) is 0 Å². The summed E-state index contributed by atoms with van der Waals surface area (Å²) in [6.45, 7) is 3.24. The SMILES string of the molecule is C=BNN. The molecule has 0 rings (SSSR count). The summed E-state index contributed by atoms with van der Waals surface area (Å²) in [5, 5.41) is 2.19. The minimum absolute atomic E-state index is 1.40. The topological polar surface area (TPSA) is 38.0 Å². The molecule has 0 atom stereocenters. The second-order valence-electron chi connectivity index (χ2n) is 0.371. The van der Waals surface area contributed by atoms with E-state index in [-0.39, 0.29) is 0 Å². The van der Waals surface area contributed by atoms with E-state index >= 15 is 0 Å². The first kappa shape index (κ1) is 3.69. The molecule has 0 bridgehead atoms. The van der Waals surface area contributed by atoms with Gasteiger partial charge in [0.05, 0.1) is 0 Å². The molecule has 0 aliphatic carbocycles. The first-order chi connectivity index (χ1) is 1.91. The molecule has 0 aliphatic rings. The first-order valence-electron chi connectivity index (χ1n) is 0.986. The van der Waals surface area contributed by atoms with E-state index in [0.717, 1.165) is 0 Å². The summed E-state index contributed by atoms with van der Waals surface area (Å²) >= 11 is 0. The van der Waals surface area contributed by atoms with Gasteiger partial charge in [-0.2, -0.15) is 0 Å². The second-order valence-corrected chi connectivity index (χ2v) is 0.371. The van der Waals surface area contributed by atoms with Crippen LogP contribution in [0.1, 0.15) is 0 Å². The van der Waals surface area contributed by atoms with E-state index in [1.54, 1.807) is 0 Å². The van der Waals surface area contributed by atoms with Gasteiger partial charge in [-0.25, -0.2) is 0 Å². The van der Waals surface area contributed by atoms with Gasteiger partial charge in [0.25, 0.3) is 0 Å². The van der Waals surface area contributed by atoms with Gasteiger partial charge in [0, 0.05) is 0 Å². The zero-order chi connectivity index (χ0) is 3.41. The summed E-state index contributed by atoms with van der Waals surface area (Å²) in [6.07, 6.45) is 0. The Hall–Kier alpha value is -0.305. The molecule has 0 fully saturated rings. The van der Waals surface area contributed by atoms with Crippen LogP contribution in [0.15, 0.2) is 0 Å². The molecule has 0 saturated carbocycles. The van der Waals surface area contributed by atoms with E-state index in [1.165, 1.54) is 7.06 Å². The average Bonchev–Trinajstić information content (AvgIpc) is 1.37. The van der Waals surface area contributed by atoms with Gasteiger partial charge in [-0.15, -0.1) is 0 Å². The standard InChI is InChI=1S/CH5BN2/c1-2-4-3/h4H,1,3H2. The van der Waals surface area contributed by atoms with Gasteiger partial charge in [-0.1, -0.05) is 0 Å². The summed E-state index contributed by atoms with van der Waals surface area (Å²) in [5.41, 5.74) is 0. The molecule has 0 heterocycles. The van der Waals surface area contributed by atoms with Crippen molar-refractivity contribution in [3.05, 3.63) is 0 Å². The monoisotopic (exact) mass is 56.1 g/mol. The number of hydrogen-bond donors (Lipinski definition) is 2. The number of nitrogens with one attached hydrogen (secondary N) is 1. The van der Waals surface area contributed by atoms with Crippen molar-refractivity contribution < 1.29 is 0 Å². The fourth-order valence-corrected chi connectivity index (χ4v) is 0. The zero-order valence-corrected chi connectivity index (χ0v) is 2.36. The van der Waals surface area contributed by atoms with Crippen molar-refractivity contribution in [2.24, 2.45) is 5.84 Å². The predicted octanol–water partition coefficient (Wildman–Crippen LogP) is -1.50. The quantitative estimate of drug-likeness (QED) is 0.218. The second kappa shape index (κ2) is 2.69. The Morgan fingerprint density at radius 3 is 2.25 bits per heavy atom. The van der Waals surface area contributed by atoms with Crippen LogP contribution >= 0.6 is 0 Å². The van der Waals surface area contributed by atoms with Crippen molar-refractivity contribution in [3.8, 4) is 0 Å². The van der Waals surface area contributed by atoms with Crippen LogP contribution in [-0.2, 0) is 0 Å². The van der Waals surface area contributed by atoms with Crippen molar-refractivity contribution in [2.45, 2.75) is 0 Å². The predicted molar refractivity (Wildman–Crippen MR) is 20.2 cm³/mol. The van der Waals surface area contributed by atoms with Crippen LogP contribution in [0, 0.1) is 0 Å². The van der Waals surface area contributed by atoms with E-state index in [2.05, 4.69) is 17.6 Å². The molecule has 0 saturated heterocycles. The van der Waals surface area contributed by atoms with Crippen molar-refractivity contribution >= 4 is 13.5 Å². The van der Waals surface area contributed by atoms with Crippen LogP contribution in [0.2, 0.25) is 0 Å². The van der Waals surface area contributed by atoms with Gasteiger partial charge in [-0.3, -0.25) is 0 Å². The Morgan fingerprint density at radius 2 is 2.25 bits per heavy atom. The van der Waals surface area contributed by atoms with Crippen LogP contribution in [0.4, 0.5) is 0 Å². The fourth-order valence-electron chi connectivity index (χ4n) is 0. The van der Waals surface area contributed by atoms with Gasteiger partial charge in [-0.05, 0) is 0 Å². The number of rotatable bonds is 1. The maximum atomic E-state index is 4.66. The Morgan fingerprint density at radius 1 is 2.00 bits per heavy atom. The summed E-state index contributed by atoms with van der Waals surface area (Å²) in [4.78, 5) is 0. The van der Waals surface area contributed by atoms with E-state index in [0.29, 0.717) is 0 Å². The summed E-state index contributed by atoms with van der Waals surface area (Å²) in [5.74, 6) is 4.66. The average molecular weight is 55.9 g/mol. The summed E-state index contributed by atoms with van der Waals surface area (Å²) in [7, 11) is 1.40. The molecular formula is CH5BN2. The maximum absolute atomic E-state index is 4.66. The van der Waals surface area contributed by atoms with Crippen molar-refractivity contribution in [3.63, 3.8) is 0 Å². The molecule has 22 valence electrons. The molecule has 2 nitrogen and oxygen atoms in total. The molecule has 0 aliphatic heterocycles. The third kappa shape index (κ3) is 1.69. The molecule has 3 N–H and O–H groups in total. The molecular weight excluding hydrogens is 50.8 g/mol. The molecule has 4 heavy (non-hydrogen) atoms.